The zero-order chi connectivity index (χ0) is 19.6. The second kappa shape index (κ2) is 7.84. The fourth-order valence-electron chi connectivity index (χ4n) is 3.37. The molecular weight excluding hydrogens is 340 g/mol. The smallest absolute Gasteiger partial charge is 0.352 e. The van der Waals surface area contributed by atoms with E-state index in [1.54, 1.807) is 4.57 Å². The van der Waals surface area contributed by atoms with Gasteiger partial charge < -0.3 is 19.7 Å². The molecule has 0 aliphatic heterocycles. The highest BCUT2D eigenvalue weighted by molar-refractivity contribution is 5.98. The summed E-state index contributed by atoms with van der Waals surface area (Å²) >= 11 is 0. The number of nitrogens with zero attached hydrogens (tertiary/aromatic N) is 1. The Hall–Kier alpha value is -2.79. The van der Waals surface area contributed by atoms with Crippen LogP contribution in [0.4, 0.5) is 0 Å². The van der Waals surface area contributed by atoms with Crippen molar-refractivity contribution < 1.29 is 14.6 Å². The SMILES string of the molecule is Cc1ccc2c(CNCc3ccc(OC(C)C)cc3)c(C(=O)O)n(C)c2c1. The molecule has 0 unspecified atom stereocenters. The monoisotopic (exact) mass is 366 g/mol. The molecule has 2 N–H and O–H groups in total. The summed E-state index contributed by atoms with van der Waals surface area (Å²) in [7, 11) is 1.81. The first-order valence-corrected chi connectivity index (χ1v) is 9.14. The van der Waals surface area contributed by atoms with Crippen molar-refractivity contribution in [2.75, 3.05) is 0 Å². The van der Waals surface area contributed by atoms with Crippen molar-refractivity contribution in [1.82, 2.24) is 9.88 Å². The highest BCUT2D eigenvalue weighted by Crippen LogP contribution is 2.26. The van der Waals surface area contributed by atoms with Crippen LogP contribution in [-0.4, -0.2) is 21.7 Å². The van der Waals surface area contributed by atoms with E-state index in [2.05, 4.69) is 5.32 Å². The molecule has 142 valence electrons. The average molecular weight is 366 g/mol. The Morgan fingerprint density at radius 3 is 2.48 bits per heavy atom. The van der Waals surface area contributed by atoms with Crippen LogP contribution in [0.15, 0.2) is 42.5 Å². The molecule has 0 saturated heterocycles. The van der Waals surface area contributed by atoms with Gasteiger partial charge in [-0.05, 0) is 50.1 Å². The van der Waals surface area contributed by atoms with Crippen molar-refractivity contribution in [2.24, 2.45) is 7.05 Å². The Morgan fingerprint density at radius 1 is 1.15 bits per heavy atom. The topological polar surface area (TPSA) is 63.5 Å². The predicted octanol–water partition coefficient (Wildman–Crippen LogP) is 4.26. The van der Waals surface area contributed by atoms with E-state index in [4.69, 9.17) is 4.74 Å². The number of aryl methyl sites for hydroxylation is 2. The third kappa shape index (κ3) is 4.14. The molecule has 2 aromatic carbocycles. The minimum Gasteiger partial charge on any atom is -0.491 e. The number of nitrogens with one attached hydrogen (secondary N) is 1. The van der Waals surface area contributed by atoms with Crippen LogP contribution in [0.5, 0.6) is 5.75 Å². The molecule has 0 fully saturated rings. The molecule has 3 aromatic rings. The van der Waals surface area contributed by atoms with Crippen molar-refractivity contribution in [3.05, 3.63) is 64.8 Å². The number of rotatable bonds is 7. The number of aromatic carboxylic acids is 1. The molecule has 0 aliphatic rings. The van der Waals surface area contributed by atoms with Crippen LogP contribution >= 0.6 is 0 Å². The zero-order valence-corrected chi connectivity index (χ0v) is 16.2. The van der Waals surface area contributed by atoms with Crippen LogP contribution in [-0.2, 0) is 20.1 Å². The number of ether oxygens (including phenoxy) is 1. The molecule has 1 aromatic heterocycles. The summed E-state index contributed by atoms with van der Waals surface area (Å²) in [6, 6.07) is 14.0. The van der Waals surface area contributed by atoms with Crippen LogP contribution in [0.25, 0.3) is 10.9 Å². The number of fused-ring (bicyclic) bond motifs is 1. The predicted molar refractivity (Wildman–Crippen MR) is 107 cm³/mol. The van der Waals surface area contributed by atoms with Gasteiger partial charge in [0.2, 0.25) is 0 Å². The first kappa shape index (κ1) is 19.0. The van der Waals surface area contributed by atoms with Gasteiger partial charge in [-0.3, -0.25) is 0 Å². The van der Waals surface area contributed by atoms with Gasteiger partial charge in [-0.2, -0.15) is 0 Å². The van der Waals surface area contributed by atoms with Crippen molar-refractivity contribution >= 4 is 16.9 Å². The maximum absolute atomic E-state index is 11.8. The van der Waals surface area contributed by atoms with Crippen molar-refractivity contribution in [3.63, 3.8) is 0 Å². The Morgan fingerprint density at radius 2 is 1.85 bits per heavy atom. The molecule has 0 aliphatic carbocycles. The van der Waals surface area contributed by atoms with Crippen molar-refractivity contribution in [3.8, 4) is 5.75 Å². The number of benzene rings is 2. The van der Waals surface area contributed by atoms with E-state index < -0.39 is 5.97 Å². The minimum atomic E-state index is -0.904. The van der Waals surface area contributed by atoms with Gasteiger partial charge in [-0.25, -0.2) is 4.79 Å². The summed E-state index contributed by atoms with van der Waals surface area (Å²) in [5, 5.41) is 14.0. The Kier molecular flexibility index (Phi) is 5.51. The molecule has 3 rings (SSSR count). The van der Waals surface area contributed by atoms with E-state index in [-0.39, 0.29) is 6.10 Å². The Balaban J connectivity index is 1.77. The van der Waals surface area contributed by atoms with Gasteiger partial charge in [0.25, 0.3) is 0 Å². The van der Waals surface area contributed by atoms with Crippen molar-refractivity contribution in [1.29, 1.82) is 0 Å². The van der Waals surface area contributed by atoms with E-state index in [1.807, 2.05) is 70.3 Å². The van der Waals surface area contributed by atoms with Gasteiger partial charge in [0.15, 0.2) is 0 Å². The lowest BCUT2D eigenvalue weighted by atomic mass is 10.1. The van der Waals surface area contributed by atoms with Gasteiger partial charge >= 0.3 is 5.97 Å². The van der Waals surface area contributed by atoms with E-state index in [9.17, 15) is 9.90 Å². The molecule has 0 saturated carbocycles. The summed E-state index contributed by atoms with van der Waals surface area (Å²) in [4.78, 5) is 11.8. The number of carboxylic acid groups (broad SMARTS) is 1. The molecule has 0 bridgehead atoms. The Bertz CT molecular complexity index is 956. The highest BCUT2D eigenvalue weighted by atomic mass is 16.5. The molecule has 1 heterocycles. The standard InChI is InChI=1S/C22H26N2O3/c1-14(2)27-17-8-6-16(7-9-17)12-23-13-19-18-10-5-15(3)11-20(18)24(4)21(19)22(25)26/h5-11,14,23H,12-13H2,1-4H3,(H,25,26). The third-order valence-electron chi connectivity index (χ3n) is 4.59. The molecule has 27 heavy (non-hydrogen) atoms. The normalized spacial score (nSPS) is 11.3. The van der Waals surface area contributed by atoms with Gasteiger partial charge in [-0.1, -0.05) is 24.3 Å². The first-order chi connectivity index (χ1) is 12.9. The van der Waals surface area contributed by atoms with Crippen LogP contribution in [0, 0.1) is 6.92 Å². The number of hydrogen-bond donors (Lipinski definition) is 2. The highest BCUT2D eigenvalue weighted by Gasteiger charge is 2.20. The van der Waals surface area contributed by atoms with Gasteiger partial charge in [0.1, 0.15) is 11.4 Å². The number of aromatic nitrogens is 1. The summed E-state index contributed by atoms with van der Waals surface area (Å²) in [6.45, 7) is 7.16. The number of carbonyl (C=O) groups is 1. The van der Waals surface area contributed by atoms with Crippen molar-refractivity contribution in [2.45, 2.75) is 40.0 Å². The fourth-order valence-corrected chi connectivity index (χ4v) is 3.37. The minimum absolute atomic E-state index is 0.151. The van der Waals surface area contributed by atoms with Crippen LogP contribution in [0.3, 0.4) is 0 Å². The number of carboxylic acids is 1. The van der Waals surface area contributed by atoms with E-state index >= 15 is 0 Å². The largest absolute Gasteiger partial charge is 0.491 e. The van der Waals surface area contributed by atoms with E-state index in [0.29, 0.717) is 18.8 Å². The molecule has 0 radical (unpaired) electrons. The van der Waals surface area contributed by atoms with E-state index in [0.717, 1.165) is 33.3 Å². The molecule has 5 nitrogen and oxygen atoms in total. The molecule has 0 amide bonds. The third-order valence-corrected chi connectivity index (χ3v) is 4.59. The van der Waals surface area contributed by atoms with Crippen LogP contribution in [0.1, 0.15) is 41.0 Å². The maximum atomic E-state index is 11.8. The Labute approximate surface area is 159 Å². The quantitative estimate of drug-likeness (QED) is 0.656. The van der Waals surface area contributed by atoms with Gasteiger partial charge in [0, 0.05) is 36.6 Å². The second-order valence-electron chi connectivity index (χ2n) is 7.13. The van der Waals surface area contributed by atoms with Gasteiger partial charge in [-0.15, -0.1) is 0 Å². The molecule has 0 spiro atoms. The van der Waals surface area contributed by atoms with Crippen LogP contribution in [0.2, 0.25) is 0 Å². The van der Waals surface area contributed by atoms with Gasteiger partial charge in [0.05, 0.1) is 6.10 Å². The first-order valence-electron chi connectivity index (χ1n) is 9.14. The fraction of sp³-hybridized carbons (Fsp3) is 0.318. The average Bonchev–Trinajstić information content (AvgIpc) is 2.88. The summed E-state index contributed by atoms with van der Waals surface area (Å²) in [5.41, 5.74) is 4.34. The molecule has 0 atom stereocenters. The van der Waals surface area contributed by atoms with E-state index in [1.165, 1.54) is 0 Å². The molecule has 5 heteroatoms. The maximum Gasteiger partial charge on any atom is 0.352 e. The lowest BCUT2D eigenvalue weighted by molar-refractivity contribution is 0.0685. The number of hydrogen-bond acceptors (Lipinski definition) is 3. The molecular formula is C22H26N2O3. The second-order valence-corrected chi connectivity index (χ2v) is 7.13. The van der Waals surface area contributed by atoms with Crippen LogP contribution < -0.4 is 10.1 Å². The zero-order valence-electron chi connectivity index (χ0n) is 16.2. The lowest BCUT2D eigenvalue weighted by Gasteiger charge is -2.10. The summed E-state index contributed by atoms with van der Waals surface area (Å²) < 4.78 is 7.42. The summed E-state index contributed by atoms with van der Waals surface area (Å²) in [6.07, 6.45) is 0.151. The lowest BCUT2D eigenvalue weighted by Crippen LogP contribution is -2.16. The summed E-state index contributed by atoms with van der Waals surface area (Å²) in [5.74, 6) is -0.0512.